The van der Waals surface area contributed by atoms with E-state index in [4.69, 9.17) is 21.7 Å². The maximum absolute atomic E-state index is 10.3. The standard InChI is InChI=1S/2C7H7NO2.4C2H4O/c2*8-6-3-1-5(2-4-6)7(9)10;4*1-2-3-1/h2*1-4H,8H2,(H,9,10);4*1-2H2. The van der Waals surface area contributed by atoms with Crippen molar-refractivity contribution in [2.75, 3.05) is 64.3 Å². The molecule has 6 N–H and O–H groups in total. The van der Waals surface area contributed by atoms with Crippen molar-refractivity contribution in [3.8, 4) is 0 Å². The quantitative estimate of drug-likeness (QED) is 0.391. The maximum Gasteiger partial charge on any atom is 0.335 e. The molecule has 4 heterocycles. The van der Waals surface area contributed by atoms with Crippen LogP contribution in [0.5, 0.6) is 0 Å². The van der Waals surface area contributed by atoms with Crippen molar-refractivity contribution in [1.82, 2.24) is 0 Å². The molecule has 0 aliphatic carbocycles. The molecule has 0 saturated carbocycles. The van der Waals surface area contributed by atoms with E-state index in [2.05, 4.69) is 18.9 Å². The number of nitrogen functional groups attached to an aromatic ring is 2. The van der Waals surface area contributed by atoms with E-state index in [0.717, 1.165) is 52.9 Å². The smallest absolute Gasteiger partial charge is 0.335 e. The lowest BCUT2D eigenvalue weighted by Crippen LogP contribution is -1.95. The van der Waals surface area contributed by atoms with Crippen LogP contribution in [0.4, 0.5) is 11.4 Å². The van der Waals surface area contributed by atoms with Gasteiger partial charge in [-0.2, -0.15) is 0 Å². The van der Waals surface area contributed by atoms with Gasteiger partial charge in [0.15, 0.2) is 0 Å². The zero-order valence-corrected chi connectivity index (χ0v) is 17.8. The molecule has 32 heavy (non-hydrogen) atoms. The number of carbonyl (C=O) groups is 2. The zero-order valence-electron chi connectivity index (χ0n) is 17.8. The van der Waals surface area contributed by atoms with E-state index in [1.807, 2.05) is 0 Å². The van der Waals surface area contributed by atoms with E-state index in [9.17, 15) is 9.59 Å². The van der Waals surface area contributed by atoms with E-state index < -0.39 is 11.9 Å². The average Bonchev–Trinajstić information content (AvgIpc) is 3.63. The number of hydrogen-bond acceptors (Lipinski definition) is 8. The number of hydrogen-bond donors (Lipinski definition) is 4. The number of nitrogens with two attached hydrogens (primary N) is 2. The van der Waals surface area contributed by atoms with Gasteiger partial charge in [0.25, 0.3) is 0 Å². The van der Waals surface area contributed by atoms with Crippen molar-refractivity contribution in [2.45, 2.75) is 0 Å². The lowest BCUT2D eigenvalue weighted by atomic mass is 10.2. The summed E-state index contributed by atoms with van der Waals surface area (Å²) in [5.74, 6) is -1.86. The molecule has 2 aromatic rings. The monoisotopic (exact) mass is 450 g/mol. The SMILES string of the molecule is C1CO1.C1CO1.C1CO1.C1CO1.Nc1ccc(C(=O)O)cc1.Nc1ccc(C(=O)O)cc1. The highest BCUT2D eigenvalue weighted by Crippen LogP contribution is 2.05. The Morgan fingerprint density at radius 3 is 0.844 bits per heavy atom. The molecule has 0 aromatic heterocycles. The lowest BCUT2D eigenvalue weighted by molar-refractivity contribution is 0.0686. The summed E-state index contributed by atoms with van der Waals surface area (Å²) in [4.78, 5) is 20.5. The molecule has 0 radical (unpaired) electrons. The first-order valence-electron chi connectivity index (χ1n) is 9.88. The summed E-state index contributed by atoms with van der Waals surface area (Å²) in [6.07, 6.45) is 0. The van der Waals surface area contributed by atoms with Crippen molar-refractivity contribution in [2.24, 2.45) is 0 Å². The van der Waals surface area contributed by atoms with Gasteiger partial charge in [0.2, 0.25) is 0 Å². The molecule has 0 bridgehead atoms. The fourth-order valence-electron chi connectivity index (χ4n) is 1.25. The van der Waals surface area contributed by atoms with Crippen molar-refractivity contribution in [3.05, 3.63) is 59.7 Å². The number of ether oxygens (including phenoxy) is 4. The number of benzene rings is 2. The predicted molar refractivity (Wildman–Crippen MR) is 119 cm³/mol. The zero-order chi connectivity index (χ0) is 23.6. The van der Waals surface area contributed by atoms with Crippen LogP contribution < -0.4 is 11.5 Å². The Morgan fingerprint density at radius 1 is 0.531 bits per heavy atom. The van der Waals surface area contributed by atoms with Crippen LogP contribution in [-0.2, 0) is 18.9 Å². The highest BCUT2D eigenvalue weighted by molar-refractivity contribution is 5.88. The van der Waals surface area contributed by atoms with Gasteiger partial charge >= 0.3 is 11.9 Å². The Balaban J connectivity index is 0.000000212. The molecule has 0 atom stereocenters. The number of carboxylic acid groups (broad SMARTS) is 2. The molecule has 4 saturated heterocycles. The summed E-state index contributed by atoms with van der Waals surface area (Å²) in [7, 11) is 0. The molecule has 6 rings (SSSR count). The van der Waals surface area contributed by atoms with Crippen LogP contribution in [0.3, 0.4) is 0 Å². The number of epoxide rings is 4. The van der Waals surface area contributed by atoms with Crippen molar-refractivity contribution >= 4 is 23.3 Å². The molecule has 4 aliphatic rings. The van der Waals surface area contributed by atoms with Gasteiger partial charge < -0.3 is 40.6 Å². The van der Waals surface area contributed by atoms with Crippen LogP contribution in [0.1, 0.15) is 20.7 Å². The Kier molecular flexibility index (Phi) is 13.9. The first kappa shape index (κ1) is 26.9. The van der Waals surface area contributed by atoms with Crippen molar-refractivity contribution < 1.29 is 38.7 Å². The second-order valence-corrected chi connectivity index (χ2v) is 6.30. The molecular weight excluding hydrogens is 420 g/mol. The van der Waals surface area contributed by atoms with Gasteiger partial charge in [-0.05, 0) is 48.5 Å². The second kappa shape index (κ2) is 16.5. The second-order valence-electron chi connectivity index (χ2n) is 6.30. The van der Waals surface area contributed by atoms with E-state index >= 15 is 0 Å². The van der Waals surface area contributed by atoms with Crippen LogP contribution in [0, 0.1) is 0 Å². The Hall–Kier alpha value is -3.18. The molecule has 10 heteroatoms. The molecule has 10 nitrogen and oxygen atoms in total. The summed E-state index contributed by atoms with van der Waals surface area (Å²) in [5, 5.41) is 16.9. The van der Waals surface area contributed by atoms with Crippen LogP contribution in [0.25, 0.3) is 0 Å². The predicted octanol–water partition coefficient (Wildman–Crippen LogP) is 2.00. The largest absolute Gasteiger partial charge is 0.478 e. The summed E-state index contributed by atoms with van der Waals surface area (Å²) in [6, 6.07) is 12.1. The highest BCUT2D eigenvalue weighted by Gasteiger charge is 1.99. The van der Waals surface area contributed by atoms with Gasteiger partial charge in [-0.15, -0.1) is 0 Å². The van der Waals surface area contributed by atoms with Crippen LogP contribution in [0.2, 0.25) is 0 Å². The van der Waals surface area contributed by atoms with E-state index in [1.165, 1.54) is 24.3 Å². The summed E-state index contributed by atoms with van der Waals surface area (Å²) in [6.45, 7) is 8.00. The molecule has 0 spiro atoms. The lowest BCUT2D eigenvalue weighted by Gasteiger charge is -1.93. The summed E-state index contributed by atoms with van der Waals surface area (Å²) < 4.78 is 18.0. The first-order chi connectivity index (χ1) is 15.4. The number of rotatable bonds is 2. The highest BCUT2D eigenvalue weighted by atomic mass is 16.6. The van der Waals surface area contributed by atoms with Crippen molar-refractivity contribution in [3.63, 3.8) is 0 Å². The first-order valence-corrected chi connectivity index (χ1v) is 9.88. The fraction of sp³-hybridized carbons (Fsp3) is 0.364. The van der Waals surface area contributed by atoms with E-state index in [1.54, 1.807) is 24.3 Å². The topological polar surface area (TPSA) is 177 Å². The van der Waals surface area contributed by atoms with Gasteiger partial charge in [-0.1, -0.05) is 0 Å². The Morgan fingerprint density at radius 2 is 0.719 bits per heavy atom. The minimum absolute atomic E-state index is 0.259. The average molecular weight is 450 g/mol. The Labute approximate surface area is 186 Å². The van der Waals surface area contributed by atoms with Gasteiger partial charge in [-0.3, -0.25) is 0 Å². The maximum atomic E-state index is 10.3. The molecule has 4 fully saturated rings. The normalized spacial score (nSPS) is 14.8. The number of anilines is 2. The fourth-order valence-corrected chi connectivity index (χ4v) is 1.25. The van der Waals surface area contributed by atoms with Crippen LogP contribution >= 0.6 is 0 Å². The number of aromatic carboxylic acids is 2. The molecule has 2 aromatic carbocycles. The molecule has 176 valence electrons. The molecule has 4 aliphatic heterocycles. The number of carboxylic acids is 2. The van der Waals surface area contributed by atoms with Gasteiger partial charge in [0.05, 0.1) is 64.0 Å². The Bertz CT molecular complexity index is 683. The molecule has 0 unspecified atom stereocenters. The third-order valence-corrected chi connectivity index (χ3v) is 3.13. The minimum Gasteiger partial charge on any atom is -0.478 e. The summed E-state index contributed by atoms with van der Waals surface area (Å²) in [5.41, 5.74) is 12.3. The van der Waals surface area contributed by atoms with Crippen molar-refractivity contribution in [1.29, 1.82) is 0 Å². The third-order valence-electron chi connectivity index (χ3n) is 3.13. The van der Waals surface area contributed by atoms with Gasteiger partial charge in [0, 0.05) is 11.4 Å². The van der Waals surface area contributed by atoms with E-state index in [0.29, 0.717) is 11.4 Å². The molecule has 0 amide bonds. The van der Waals surface area contributed by atoms with Crippen LogP contribution in [0.15, 0.2) is 48.5 Å². The molecular formula is C22H30N2O8. The summed E-state index contributed by atoms with van der Waals surface area (Å²) >= 11 is 0. The third kappa shape index (κ3) is 21.5. The van der Waals surface area contributed by atoms with Gasteiger partial charge in [0.1, 0.15) is 0 Å². The van der Waals surface area contributed by atoms with E-state index in [-0.39, 0.29) is 11.1 Å². The van der Waals surface area contributed by atoms with Crippen LogP contribution in [-0.4, -0.2) is 75.0 Å². The minimum atomic E-state index is -0.931. The van der Waals surface area contributed by atoms with Gasteiger partial charge in [-0.25, -0.2) is 9.59 Å².